The average molecular weight is 342 g/mol. The molecule has 0 N–H and O–H groups in total. The molecule has 0 aliphatic heterocycles. The van der Waals surface area contributed by atoms with Crippen molar-refractivity contribution in [3.05, 3.63) is 71.3 Å². The predicted molar refractivity (Wildman–Crippen MR) is 98.4 cm³/mol. The highest BCUT2D eigenvalue weighted by Crippen LogP contribution is 2.33. The Bertz CT molecular complexity index is 665. The van der Waals surface area contributed by atoms with Crippen molar-refractivity contribution in [1.82, 2.24) is 0 Å². The van der Waals surface area contributed by atoms with Gasteiger partial charge in [-0.1, -0.05) is 60.2 Å². The van der Waals surface area contributed by atoms with E-state index in [-0.39, 0.29) is 22.8 Å². The van der Waals surface area contributed by atoms with Crippen LogP contribution in [0.25, 0.3) is 0 Å². The molecule has 0 saturated carbocycles. The topological polar surface area (TPSA) is 43.4 Å². The van der Waals surface area contributed by atoms with Gasteiger partial charge in [-0.2, -0.15) is 0 Å². The van der Waals surface area contributed by atoms with Gasteiger partial charge < -0.3 is 4.74 Å². The summed E-state index contributed by atoms with van der Waals surface area (Å²) in [5.74, 6) is 0.0818. The summed E-state index contributed by atoms with van der Waals surface area (Å²) in [5.41, 5.74) is 2.92. The lowest BCUT2D eigenvalue weighted by Gasteiger charge is -2.16. The van der Waals surface area contributed by atoms with Gasteiger partial charge in [-0.05, 0) is 19.4 Å². The van der Waals surface area contributed by atoms with E-state index in [9.17, 15) is 9.59 Å². The largest absolute Gasteiger partial charge is 0.465 e. The highest BCUT2D eigenvalue weighted by atomic mass is 32.2. The summed E-state index contributed by atoms with van der Waals surface area (Å²) in [7, 11) is 0. The molecule has 0 heterocycles. The quantitative estimate of drug-likeness (QED) is 0.519. The maximum absolute atomic E-state index is 12.5. The number of Topliss-reactive ketones (excluding diaryl/α,β-unsaturated/α-hetero) is 1. The minimum absolute atomic E-state index is 0.0669. The van der Waals surface area contributed by atoms with Crippen molar-refractivity contribution in [3.63, 3.8) is 0 Å². The number of esters is 1. The van der Waals surface area contributed by atoms with E-state index in [1.807, 2.05) is 61.5 Å². The fourth-order valence-electron chi connectivity index (χ4n) is 2.34. The number of carbonyl (C=O) groups is 2. The predicted octanol–water partition coefficient (Wildman–Crippen LogP) is 4.61. The van der Waals surface area contributed by atoms with Crippen LogP contribution in [0.2, 0.25) is 0 Å². The van der Waals surface area contributed by atoms with Gasteiger partial charge in [0.1, 0.15) is 0 Å². The van der Waals surface area contributed by atoms with Gasteiger partial charge in [0.05, 0.1) is 12.4 Å². The molecular weight excluding hydrogens is 320 g/mol. The number of hydrogen-bond donors (Lipinski definition) is 0. The third-order valence-corrected chi connectivity index (χ3v) is 4.87. The monoisotopic (exact) mass is 342 g/mol. The van der Waals surface area contributed by atoms with Crippen molar-refractivity contribution in [2.24, 2.45) is 0 Å². The molecule has 0 radical (unpaired) electrons. The van der Waals surface area contributed by atoms with Gasteiger partial charge in [-0.15, -0.1) is 11.8 Å². The van der Waals surface area contributed by atoms with Gasteiger partial charge in [-0.3, -0.25) is 9.59 Å². The molecule has 2 aromatic rings. The Morgan fingerprint density at radius 2 is 1.71 bits per heavy atom. The van der Waals surface area contributed by atoms with Crippen LogP contribution in [0.15, 0.2) is 54.6 Å². The summed E-state index contributed by atoms with van der Waals surface area (Å²) >= 11 is 1.46. The highest BCUT2D eigenvalue weighted by molar-refractivity contribution is 8.00. The van der Waals surface area contributed by atoms with Crippen molar-refractivity contribution < 1.29 is 14.3 Å². The molecule has 0 amide bonds. The minimum Gasteiger partial charge on any atom is -0.465 e. The van der Waals surface area contributed by atoms with Gasteiger partial charge in [-0.25, -0.2) is 0 Å². The number of hydrogen-bond acceptors (Lipinski definition) is 4. The van der Waals surface area contributed by atoms with Gasteiger partial charge in [0.15, 0.2) is 5.78 Å². The first-order valence-electron chi connectivity index (χ1n) is 8.02. The first kappa shape index (κ1) is 18.3. The van der Waals surface area contributed by atoms with Gasteiger partial charge in [0.25, 0.3) is 0 Å². The Balaban J connectivity index is 2.11. The zero-order valence-electron chi connectivity index (χ0n) is 14.0. The smallest absolute Gasteiger partial charge is 0.315 e. The van der Waals surface area contributed by atoms with E-state index >= 15 is 0 Å². The van der Waals surface area contributed by atoms with Crippen LogP contribution >= 0.6 is 11.8 Å². The molecule has 126 valence electrons. The summed E-state index contributed by atoms with van der Waals surface area (Å²) in [6.45, 7) is 4.19. The Morgan fingerprint density at radius 3 is 2.33 bits per heavy atom. The average Bonchev–Trinajstić information content (AvgIpc) is 2.60. The Morgan fingerprint density at radius 1 is 1.04 bits per heavy atom. The molecular formula is C20H22O3S. The number of thioether (sulfide) groups is 1. The minimum atomic E-state index is -0.244. The molecule has 0 aliphatic carbocycles. The van der Waals surface area contributed by atoms with Crippen LogP contribution in [-0.4, -0.2) is 24.1 Å². The molecule has 2 rings (SSSR count). The molecule has 4 heteroatoms. The second kappa shape index (κ2) is 9.28. The lowest BCUT2D eigenvalue weighted by atomic mass is 10.0. The second-order valence-electron chi connectivity index (χ2n) is 5.51. The standard InChI is InChI=1S/C20H22O3S/c1-3-23-20(22)14-24-19(17-11-9-15(2)10-12-17)13-18(21)16-7-5-4-6-8-16/h4-12,19H,3,13-14H2,1-2H3. The van der Waals surface area contributed by atoms with Crippen molar-refractivity contribution in [2.75, 3.05) is 12.4 Å². The van der Waals surface area contributed by atoms with E-state index in [1.54, 1.807) is 6.92 Å². The number of ether oxygens (including phenoxy) is 1. The highest BCUT2D eigenvalue weighted by Gasteiger charge is 2.19. The summed E-state index contributed by atoms with van der Waals surface area (Å²) < 4.78 is 4.99. The van der Waals surface area contributed by atoms with Crippen molar-refractivity contribution in [3.8, 4) is 0 Å². The number of benzene rings is 2. The molecule has 2 aromatic carbocycles. The first-order valence-corrected chi connectivity index (χ1v) is 9.07. The lowest BCUT2D eigenvalue weighted by molar-refractivity contribution is -0.139. The maximum atomic E-state index is 12.5. The van der Waals surface area contributed by atoms with Crippen LogP contribution in [0.1, 0.15) is 40.1 Å². The molecule has 1 unspecified atom stereocenters. The van der Waals surface area contributed by atoms with Crippen LogP contribution in [-0.2, 0) is 9.53 Å². The third-order valence-electron chi connectivity index (χ3n) is 3.62. The zero-order valence-corrected chi connectivity index (χ0v) is 14.8. The summed E-state index contributed by atoms with van der Waals surface area (Å²) in [4.78, 5) is 24.2. The maximum Gasteiger partial charge on any atom is 0.315 e. The van der Waals surface area contributed by atoms with Crippen molar-refractivity contribution in [1.29, 1.82) is 0 Å². The van der Waals surface area contributed by atoms with Crippen LogP contribution in [0.3, 0.4) is 0 Å². The van der Waals surface area contributed by atoms with Crippen LogP contribution in [0, 0.1) is 6.92 Å². The first-order chi connectivity index (χ1) is 11.6. The van der Waals surface area contributed by atoms with E-state index in [0.717, 1.165) is 5.56 Å². The van der Waals surface area contributed by atoms with Gasteiger partial charge >= 0.3 is 5.97 Å². The number of aryl methyl sites for hydroxylation is 1. The number of carbonyl (C=O) groups excluding carboxylic acids is 2. The summed E-state index contributed by atoms with van der Waals surface area (Å²) in [6, 6.07) is 17.4. The van der Waals surface area contributed by atoms with Crippen molar-refractivity contribution in [2.45, 2.75) is 25.5 Å². The Labute approximate surface area is 147 Å². The van der Waals surface area contributed by atoms with Gasteiger partial charge in [0.2, 0.25) is 0 Å². The summed E-state index contributed by atoms with van der Waals surface area (Å²) in [6.07, 6.45) is 0.358. The van der Waals surface area contributed by atoms with E-state index < -0.39 is 0 Å². The third kappa shape index (κ3) is 5.53. The molecule has 0 aromatic heterocycles. The fraction of sp³-hybridized carbons (Fsp3) is 0.300. The van der Waals surface area contributed by atoms with E-state index in [2.05, 4.69) is 0 Å². The number of ketones is 1. The second-order valence-corrected chi connectivity index (χ2v) is 6.70. The normalized spacial score (nSPS) is 11.8. The Hall–Kier alpha value is -2.07. The molecule has 0 spiro atoms. The SMILES string of the molecule is CCOC(=O)CSC(CC(=O)c1ccccc1)c1ccc(C)cc1. The molecule has 0 saturated heterocycles. The molecule has 3 nitrogen and oxygen atoms in total. The molecule has 1 atom stereocenters. The molecule has 24 heavy (non-hydrogen) atoms. The summed E-state index contributed by atoms with van der Waals surface area (Å²) in [5, 5.41) is -0.0669. The van der Waals surface area contributed by atoms with Crippen LogP contribution in [0.4, 0.5) is 0 Å². The molecule has 0 bridgehead atoms. The van der Waals surface area contributed by atoms with E-state index in [4.69, 9.17) is 4.74 Å². The molecule has 0 fully saturated rings. The van der Waals surface area contributed by atoms with Crippen LogP contribution < -0.4 is 0 Å². The van der Waals surface area contributed by atoms with E-state index in [1.165, 1.54) is 17.3 Å². The molecule has 0 aliphatic rings. The number of rotatable bonds is 8. The Kier molecular flexibility index (Phi) is 7.07. The van der Waals surface area contributed by atoms with Gasteiger partial charge in [0, 0.05) is 17.2 Å². The van der Waals surface area contributed by atoms with Crippen LogP contribution in [0.5, 0.6) is 0 Å². The van der Waals surface area contributed by atoms with E-state index in [0.29, 0.717) is 18.6 Å². The zero-order chi connectivity index (χ0) is 17.4. The van der Waals surface area contributed by atoms with Crippen molar-refractivity contribution >= 4 is 23.5 Å². The fourth-order valence-corrected chi connectivity index (χ4v) is 3.38. The lowest BCUT2D eigenvalue weighted by Crippen LogP contribution is -2.11.